The van der Waals surface area contributed by atoms with Crippen molar-refractivity contribution in [2.45, 2.75) is 58.7 Å². The summed E-state index contributed by atoms with van der Waals surface area (Å²) in [4.78, 5) is 28.8. The van der Waals surface area contributed by atoms with E-state index in [0.717, 1.165) is 12.8 Å². The van der Waals surface area contributed by atoms with Crippen LogP contribution in [-0.2, 0) is 9.53 Å². The Labute approximate surface area is 148 Å². The molecule has 1 aromatic heterocycles. The second kappa shape index (κ2) is 6.78. The van der Waals surface area contributed by atoms with Crippen molar-refractivity contribution in [3.05, 3.63) is 17.0 Å². The molecule has 25 heavy (non-hydrogen) atoms. The molecular weight excluding hydrogens is 322 g/mol. The Hall–Kier alpha value is -1.89. The van der Waals surface area contributed by atoms with Gasteiger partial charge in [-0.15, -0.1) is 0 Å². The lowest BCUT2D eigenvalue weighted by atomic mass is 9.79. The number of hydrogen-bond acceptors (Lipinski definition) is 5. The highest BCUT2D eigenvalue weighted by molar-refractivity contribution is 5.96. The summed E-state index contributed by atoms with van der Waals surface area (Å²) < 4.78 is 10.5. The molecule has 138 valence electrons. The molecule has 7 nitrogen and oxygen atoms in total. The number of aryl methyl sites for hydroxylation is 2. The van der Waals surface area contributed by atoms with Crippen LogP contribution in [0.4, 0.5) is 0 Å². The minimum absolute atomic E-state index is 0.0107. The molecule has 0 aromatic carbocycles. The van der Waals surface area contributed by atoms with E-state index in [1.165, 1.54) is 0 Å². The second-order valence-electron chi connectivity index (χ2n) is 7.31. The number of methoxy groups -OCH3 is 1. The SMILES string of the molecule is CO[C@H]1C(=O)N(C(C)C)[C@H]1C1CCN(C(=O)c2c(C)noc2C)CC1. The number of likely N-dealkylation sites (tertiary alicyclic amines) is 2. The summed E-state index contributed by atoms with van der Waals surface area (Å²) in [6.07, 6.45) is 1.41. The number of rotatable bonds is 4. The smallest absolute Gasteiger partial charge is 0.259 e. The Morgan fingerprint density at radius 3 is 2.40 bits per heavy atom. The van der Waals surface area contributed by atoms with Gasteiger partial charge in [0.2, 0.25) is 0 Å². The van der Waals surface area contributed by atoms with Gasteiger partial charge < -0.3 is 19.1 Å². The average molecular weight is 349 g/mol. The van der Waals surface area contributed by atoms with Gasteiger partial charge in [0.05, 0.1) is 11.7 Å². The van der Waals surface area contributed by atoms with Crippen LogP contribution in [0.15, 0.2) is 4.52 Å². The fourth-order valence-corrected chi connectivity index (χ4v) is 4.21. The molecule has 3 rings (SSSR count). The molecule has 2 aliphatic heterocycles. The summed E-state index contributed by atoms with van der Waals surface area (Å²) >= 11 is 0. The predicted octanol–water partition coefficient (Wildman–Crippen LogP) is 1.78. The molecular formula is C18H27N3O4. The van der Waals surface area contributed by atoms with Crippen molar-refractivity contribution < 1.29 is 18.8 Å². The highest BCUT2D eigenvalue weighted by Gasteiger charge is 2.52. The first-order valence-electron chi connectivity index (χ1n) is 8.94. The Morgan fingerprint density at radius 1 is 1.28 bits per heavy atom. The molecule has 0 spiro atoms. The third kappa shape index (κ3) is 2.94. The third-order valence-electron chi connectivity index (χ3n) is 5.50. The first-order valence-corrected chi connectivity index (χ1v) is 8.94. The quantitative estimate of drug-likeness (QED) is 0.775. The molecule has 2 saturated heterocycles. The maximum Gasteiger partial charge on any atom is 0.259 e. The summed E-state index contributed by atoms with van der Waals surface area (Å²) in [5.74, 6) is 0.999. The molecule has 2 fully saturated rings. The number of carbonyl (C=O) groups excluding carboxylic acids is 2. The van der Waals surface area contributed by atoms with E-state index in [9.17, 15) is 9.59 Å². The van der Waals surface area contributed by atoms with E-state index in [4.69, 9.17) is 9.26 Å². The first kappa shape index (κ1) is 17.9. The van der Waals surface area contributed by atoms with Gasteiger partial charge in [-0.25, -0.2) is 0 Å². The minimum Gasteiger partial charge on any atom is -0.369 e. The van der Waals surface area contributed by atoms with Gasteiger partial charge >= 0.3 is 0 Å². The maximum absolute atomic E-state index is 12.7. The van der Waals surface area contributed by atoms with Gasteiger partial charge in [-0.1, -0.05) is 5.16 Å². The molecule has 1 aromatic rings. The normalized spacial score (nSPS) is 24.8. The fraction of sp³-hybridized carbons (Fsp3) is 0.722. The summed E-state index contributed by atoms with van der Waals surface area (Å²) in [6.45, 7) is 8.99. The van der Waals surface area contributed by atoms with Crippen LogP contribution in [0.1, 0.15) is 48.5 Å². The fourth-order valence-electron chi connectivity index (χ4n) is 4.21. The number of carbonyl (C=O) groups is 2. The Balaban J connectivity index is 1.66. The van der Waals surface area contributed by atoms with Crippen LogP contribution in [0.3, 0.4) is 0 Å². The number of ether oxygens (including phenoxy) is 1. The van der Waals surface area contributed by atoms with Crippen molar-refractivity contribution in [2.75, 3.05) is 20.2 Å². The average Bonchev–Trinajstić information content (AvgIpc) is 2.91. The number of amides is 2. The summed E-state index contributed by atoms with van der Waals surface area (Å²) in [5.41, 5.74) is 1.22. The molecule has 0 saturated carbocycles. The van der Waals surface area contributed by atoms with E-state index in [2.05, 4.69) is 5.16 Å². The maximum atomic E-state index is 12.7. The van der Waals surface area contributed by atoms with Gasteiger partial charge in [0, 0.05) is 26.2 Å². The van der Waals surface area contributed by atoms with Gasteiger partial charge in [-0.2, -0.15) is 0 Å². The zero-order chi connectivity index (χ0) is 18.3. The minimum atomic E-state index is -0.336. The topological polar surface area (TPSA) is 75.9 Å². The van der Waals surface area contributed by atoms with Crippen LogP contribution in [-0.4, -0.2) is 65.2 Å². The molecule has 0 N–H and O–H groups in total. The molecule has 2 amide bonds. The Morgan fingerprint density at radius 2 is 1.92 bits per heavy atom. The van der Waals surface area contributed by atoms with E-state index < -0.39 is 0 Å². The summed E-state index contributed by atoms with van der Waals surface area (Å²) in [6, 6.07) is 0.291. The van der Waals surface area contributed by atoms with Crippen molar-refractivity contribution in [2.24, 2.45) is 5.92 Å². The van der Waals surface area contributed by atoms with Gasteiger partial charge in [-0.05, 0) is 46.5 Å². The van der Waals surface area contributed by atoms with Crippen molar-refractivity contribution in [1.82, 2.24) is 15.0 Å². The zero-order valence-electron chi connectivity index (χ0n) is 15.6. The van der Waals surface area contributed by atoms with Gasteiger partial charge in [0.25, 0.3) is 11.8 Å². The lowest BCUT2D eigenvalue weighted by Gasteiger charge is -2.53. The molecule has 0 aliphatic carbocycles. The van der Waals surface area contributed by atoms with Gasteiger partial charge in [0.15, 0.2) is 6.10 Å². The van der Waals surface area contributed by atoms with E-state index in [-0.39, 0.29) is 30.0 Å². The Kier molecular flexibility index (Phi) is 4.86. The highest BCUT2D eigenvalue weighted by Crippen LogP contribution is 2.36. The molecule has 2 aliphatic rings. The largest absolute Gasteiger partial charge is 0.369 e. The molecule has 0 radical (unpaired) electrons. The Bertz CT molecular complexity index is 642. The summed E-state index contributed by atoms with van der Waals surface area (Å²) in [7, 11) is 1.60. The highest BCUT2D eigenvalue weighted by atomic mass is 16.5. The molecule has 7 heteroatoms. The third-order valence-corrected chi connectivity index (χ3v) is 5.50. The van der Waals surface area contributed by atoms with E-state index in [1.54, 1.807) is 21.0 Å². The van der Waals surface area contributed by atoms with E-state index >= 15 is 0 Å². The first-order chi connectivity index (χ1) is 11.9. The van der Waals surface area contributed by atoms with Crippen molar-refractivity contribution >= 4 is 11.8 Å². The van der Waals surface area contributed by atoms with Crippen LogP contribution in [0, 0.1) is 19.8 Å². The molecule has 3 heterocycles. The van der Waals surface area contributed by atoms with Crippen LogP contribution in [0.5, 0.6) is 0 Å². The monoisotopic (exact) mass is 349 g/mol. The second-order valence-corrected chi connectivity index (χ2v) is 7.31. The number of nitrogens with zero attached hydrogens (tertiary/aromatic N) is 3. The van der Waals surface area contributed by atoms with Gasteiger partial charge in [0.1, 0.15) is 11.3 Å². The van der Waals surface area contributed by atoms with Crippen LogP contribution >= 0.6 is 0 Å². The van der Waals surface area contributed by atoms with Crippen LogP contribution in [0.2, 0.25) is 0 Å². The van der Waals surface area contributed by atoms with Gasteiger partial charge in [-0.3, -0.25) is 9.59 Å². The number of hydrogen-bond donors (Lipinski definition) is 0. The lowest BCUT2D eigenvalue weighted by Crippen LogP contribution is -2.70. The number of aromatic nitrogens is 1. The van der Waals surface area contributed by atoms with Crippen LogP contribution in [0.25, 0.3) is 0 Å². The molecule has 2 atom stereocenters. The van der Waals surface area contributed by atoms with Crippen molar-refractivity contribution in [1.29, 1.82) is 0 Å². The molecule has 0 bridgehead atoms. The van der Waals surface area contributed by atoms with Crippen molar-refractivity contribution in [3.8, 4) is 0 Å². The summed E-state index contributed by atoms with van der Waals surface area (Å²) in [5, 5.41) is 3.87. The zero-order valence-corrected chi connectivity index (χ0v) is 15.6. The predicted molar refractivity (Wildman–Crippen MR) is 91.2 cm³/mol. The van der Waals surface area contributed by atoms with E-state index in [1.807, 2.05) is 23.6 Å². The van der Waals surface area contributed by atoms with Crippen LogP contribution < -0.4 is 0 Å². The van der Waals surface area contributed by atoms with E-state index in [0.29, 0.717) is 36.0 Å². The lowest BCUT2D eigenvalue weighted by molar-refractivity contribution is -0.181. The molecule has 0 unspecified atom stereocenters. The number of piperidine rings is 1. The standard InChI is InChI=1S/C18H27N3O4/c1-10(2)21-15(16(24-5)18(21)23)13-6-8-20(9-7-13)17(22)14-11(3)19-25-12(14)4/h10,13,15-16H,6-9H2,1-5H3/t15-,16+/m0/s1. The number of β-lactam (4-membered cyclic amide) rings is 1. The van der Waals surface area contributed by atoms with Crippen molar-refractivity contribution in [3.63, 3.8) is 0 Å².